The van der Waals surface area contributed by atoms with Crippen molar-refractivity contribution in [2.24, 2.45) is 0 Å². The van der Waals surface area contributed by atoms with Crippen molar-refractivity contribution in [2.75, 3.05) is 9.80 Å². The number of hydrogen-bond donors (Lipinski definition) is 0. The van der Waals surface area contributed by atoms with Crippen LogP contribution in [0.25, 0.3) is 123 Å². The molecule has 0 atom stereocenters. The fraction of sp³-hybridized carbons (Fsp3) is 0.161. The van der Waals surface area contributed by atoms with Crippen LogP contribution in [0.4, 0.5) is 34.1 Å². The molecule has 6 aliphatic rings. The lowest BCUT2D eigenvalue weighted by Crippen LogP contribution is -2.19. The van der Waals surface area contributed by atoms with Crippen molar-refractivity contribution in [1.82, 2.24) is 0 Å². The van der Waals surface area contributed by atoms with Gasteiger partial charge in [-0.05, 0) is 273 Å². The van der Waals surface area contributed by atoms with Gasteiger partial charge in [-0.15, -0.1) is 0 Å². The lowest BCUT2D eigenvalue weighted by molar-refractivity contribution is 0.659. The fourth-order valence-electron chi connectivity index (χ4n) is 21.8. The smallest absolute Gasteiger partial charge is 0.0465 e. The van der Waals surface area contributed by atoms with Crippen LogP contribution in [0.2, 0.25) is 0 Å². The molecule has 16 aromatic carbocycles. The maximum atomic E-state index is 2.53. The quantitative estimate of drug-likeness (QED) is 0.0995. The molecule has 548 valence electrons. The largest absolute Gasteiger partial charge is 0.310 e. The molecular weight excluding hydrogens is 1370 g/mol. The van der Waals surface area contributed by atoms with E-state index in [1.807, 2.05) is 0 Å². The van der Waals surface area contributed by atoms with E-state index in [1.54, 1.807) is 0 Å². The highest BCUT2D eigenvalue weighted by Crippen LogP contribution is 2.59. The summed E-state index contributed by atoms with van der Waals surface area (Å²) < 4.78 is 0. The molecule has 2 nitrogen and oxygen atoms in total. The van der Waals surface area contributed by atoms with Gasteiger partial charge in [0.2, 0.25) is 0 Å². The van der Waals surface area contributed by atoms with Gasteiger partial charge in [-0.3, -0.25) is 0 Å². The van der Waals surface area contributed by atoms with Gasteiger partial charge in [0.15, 0.2) is 0 Å². The summed E-state index contributed by atoms with van der Waals surface area (Å²) in [5.74, 6) is 0. The van der Waals surface area contributed by atoms with Crippen LogP contribution in [-0.4, -0.2) is 0 Å². The Hall–Kier alpha value is -12.6. The van der Waals surface area contributed by atoms with E-state index < -0.39 is 0 Å². The minimum Gasteiger partial charge on any atom is -0.310 e. The number of fused-ring (bicyclic) bond motifs is 24. The van der Waals surface area contributed by atoms with Crippen LogP contribution in [0, 0.1) is 0 Å². The molecule has 6 aliphatic carbocycles. The molecule has 0 unspecified atom stereocenters. The summed E-state index contributed by atoms with van der Waals surface area (Å²) in [5, 5.41) is 7.58. The summed E-state index contributed by atoms with van der Waals surface area (Å²) in [4.78, 5) is 5.05. The number of anilines is 6. The molecule has 0 fully saturated rings. The summed E-state index contributed by atoms with van der Waals surface area (Å²) in [5.41, 5.74) is 43.0. The molecule has 2 heteroatoms. The molecule has 22 rings (SSSR count). The van der Waals surface area contributed by atoms with Crippen LogP contribution >= 0.6 is 0 Å². The first-order chi connectivity index (χ1) is 55.0. The van der Waals surface area contributed by atoms with Gasteiger partial charge in [-0.1, -0.05) is 326 Å². The zero-order valence-corrected chi connectivity index (χ0v) is 67.1. The van der Waals surface area contributed by atoms with Crippen molar-refractivity contribution in [2.45, 2.75) is 116 Å². The second-order valence-corrected chi connectivity index (χ2v) is 36.4. The Morgan fingerprint density at radius 3 is 0.605 bits per heavy atom. The molecule has 0 heterocycles. The second kappa shape index (κ2) is 24.0. The number of rotatable bonds is 10. The predicted octanol–water partition coefficient (Wildman–Crippen LogP) is 30.3. The Kier molecular flexibility index (Phi) is 14.3. The number of benzene rings is 16. The predicted molar refractivity (Wildman–Crippen MR) is 484 cm³/mol. The maximum Gasteiger partial charge on any atom is 0.0465 e. The SMILES string of the molecule is CC1(C)c2ccccc2-c2ccc(N(c3ccc4c(c3)C(C)(C)c3ccccc3-4)c3ccc4c(c3)C(C)(C)c3cc(/C=C/c5ccc6c7ccc(/C=C/c8ccc9c(c8)C(C)(C)c8cc(N(c%10ccc%11c(c%10)C(C)(C)c%10ccccc%10-%11)c%10ccc%11c(c%10)C(C)(C)c%10ccccc%10-%11)ccc8-9)cc7c7ccccc7c6c5)ccc3-4)cc21. The van der Waals surface area contributed by atoms with Gasteiger partial charge in [0, 0.05) is 66.6 Å². The Morgan fingerprint density at radius 2 is 0.342 bits per heavy atom. The molecule has 0 aliphatic heterocycles. The van der Waals surface area contributed by atoms with E-state index in [0.717, 1.165) is 11.4 Å². The van der Waals surface area contributed by atoms with Crippen molar-refractivity contribution < 1.29 is 0 Å². The lowest BCUT2D eigenvalue weighted by Gasteiger charge is -2.31. The summed E-state index contributed by atoms with van der Waals surface area (Å²) in [6.07, 6.45) is 9.24. The van der Waals surface area contributed by atoms with Gasteiger partial charge < -0.3 is 9.80 Å². The normalized spacial score (nSPS) is 16.1. The molecule has 0 radical (unpaired) electrons. The third-order valence-electron chi connectivity index (χ3n) is 28.0. The van der Waals surface area contributed by atoms with Crippen molar-refractivity contribution in [1.29, 1.82) is 0 Å². The molecule has 114 heavy (non-hydrogen) atoms. The molecule has 0 saturated carbocycles. The topological polar surface area (TPSA) is 6.48 Å². The van der Waals surface area contributed by atoms with Crippen LogP contribution in [0.1, 0.15) is 172 Å². The van der Waals surface area contributed by atoms with Crippen LogP contribution in [-0.2, 0) is 32.5 Å². The van der Waals surface area contributed by atoms with Crippen molar-refractivity contribution >= 4 is 90.7 Å². The lowest BCUT2D eigenvalue weighted by atomic mass is 9.81. The van der Waals surface area contributed by atoms with Crippen LogP contribution in [0.5, 0.6) is 0 Å². The van der Waals surface area contributed by atoms with E-state index in [2.05, 4.69) is 421 Å². The third-order valence-corrected chi connectivity index (χ3v) is 28.0. The zero-order chi connectivity index (χ0) is 77.4. The molecule has 0 N–H and O–H groups in total. The Morgan fingerprint density at radius 1 is 0.158 bits per heavy atom. The second-order valence-electron chi connectivity index (χ2n) is 36.4. The van der Waals surface area contributed by atoms with Crippen molar-refractivity contribution in [3.05, 3.63) is 392 Å². The highest BCUT2D eigenvalue weighted by Gasteiger charge is 2.43. The third kappa shape index (κ3) is 9.73. The highest BCUT2D eigenvalue weighted by atomic mass is 15.1. The minimum atomic E-state index is -0.255. The molecule has 0 aromatic heterocycles. The van der Waals surface area contributed by atoms with E-state index >= 15 is 0 Å². The first-order valence-corrected chi connectivity index (χ1v) is 40.9. The van der Waals surface area contributed by atoms with Crippen LogP contribution in [0.3, 0.4) is 0 Å². The summed E-state index contributed by atoms with van der Waals surface area (Å²) in [6.45, 7) is 28.8. The monoisotopic (exact) mass is 1460 g/mol. The van der Waals surface area contributed by atoms with Crippen LogP contribution in [0.15, 0.2) is 303 Å². The van der Waals surface area contributed by atoms with E-state index in [9.17, 15) is 0 Å². The van der Waals surface area contributed by atoms with Gasteiger partial charge in [-0.2, -0.15) is 0 Å². The number of hydrogen-bond acceptors (Lipinski definition) is 2. The van der Waals surface area contributed by atoms with Gasteiger partial charge in [0.1, 0.15) is 0 Å². The summed E-state index contributed by atoms with van der Waals surface area (Å²) in [7, 11) is 0. The maximum absolute atomic E-state index is 2.53. The summed E-state index contributed by atoms with van der Waals surface area (Å²) >= 11 is 0. The van der Waals surface area contributed by atoms with Gasteiger partial charge in [0.05, 0.1) is 0 Å². The van der Waals surface area contributed by atoms with Gasteiger partial charge >= 0.3 is 0 Å². The highest BCUT2D eigenvalue weighted by molar-refractivity contribution is 6.26. The molecule has 0 bridgehead atoms. The van der Waals surface area contributed by atoms with Gasteiger partial charge in [-0.25, -0.2) is 0 Å². The van der Waals surface area contributed by atoms with E-state index in [4.69, 9.17) is 0 Å². The summed E-state index contributed by atoms with van der Waals surface area (Å²) in [6, 6.07) is 117. The molecule has 0 spiro atoms. The Balaban J connectivity index is 0.548. The first-order valence-electron chi connectivity index (χ1n) is 40.9. The zero-order valence-electron chi connectivity index (χ0n) is 67.1. The average molecular weight is 1460 g/mol. The molecule has 0 amide bonds. The minimum absolute atomic E-state index is 0.137. The van der Waals surface area contributed by atoms with E-state index in [1.165, 1.54) is 211 Å². The standard InChI is InChI=1S/C112H90N2/c1-107(2)95-29-19-15-25-81(95)87-51-41-71(61-101(87)107)113(72-42-52-88-82-26-16-20-30-96(82)108(3,4)102(88)62-72)75-45-55-91-85-49-39-69(59-99(85)111(9,10)105(91)65-75)35-33-67-37-47-79-80-48-38-68(58-94(80)78-24-14-13-23-77(78)93(79)57-67)34-36-70-40-50-86-92-56-46-76(66-106(92)112(11,12)100(86)60-70)114(73-43-53-89-83-27-17-21-31-97(83)109(5,6)103(89)63-73)74-44-54-90-84-28-18-22-32-98(84)110(7,8)104(90)64-74/h13-66H,1-12H3/b35-33+,36-34+. The van der Waals surface area contributed by atoms with Crippen LogP contribution < -0.4 is 9.80 Å². The van der Waals surface area contributed by atoms with E-state index in [-0.39, 0.29) is 32.5 Å². The molecule has 0 saturated heterocycles. The Labute approximate surface area is 670 Å². The average Bonchev–Trinajstić information content (AvgIpc) is 1.40. The molecular formula is C112H90N2. The first kappa shape index (κ1) is 68.2. The number of nitrogens with zero attached hydrogens (tertiary/aromatic N) is 2. The Bertz CT molecular complexity index is 6340. The van der Waals surface area contributed by atoms with E-state index in [0.29, 0.717) is 0 Å². The molecule has 16 aromatic rings. The van der Waals surface area contributed by atoms with Crippen molar-refractivity contribution in [3.8, 4) is 66.8 Å². The van der Waals surface area contributed by atoms with Crippen molar-refractivity contribution in [3.63, 3.8) is 0 Å². The van der Waals surface area contributed by atoms with Gasteiger partial charge in [0.25, 0.3) is 0 Å². The fourth-order valence-corrected chi connectivity index (χ4v) is 21.8.